The van der Waals surface area contributed by atoms with Gasteiger partial charge in [0.2, 0.25) is 0 Å². The highest BCUT2D eigenvalue weighted by molar-refractivity contribution is 6.33. The molecular formula is C17H22ClNO2. The minimum atomic E-state index is -0.731. The van der Waals surface area contributed by atoms with Crippen LogP contribution in [0.4, 0.5) is 5.69 Å². The fraction of sp³-hybridized carbons (Fsp3) is 0.588. The highest BCUT2D eigenvalue weighted by Crippen LogP contribution is 2.42. The van der Waals surface area contributed by atoms with Crippen LogP contribution in [0.5, 0.6) is 0 Å². The molecule has 1 saturated carbocycles. The number of carbonyl (C=O) groups is 1. The molecule has 1 aromatic carbocycles. The minimum Gasteiger partial charge on any atom is -0.481 e. The summed E-state index contributed by atoms with van der Waals surface area (Å²) < 4.78 is 0. The summed E-state index contributed by atoms with van der Waals surface area (Å²) in [5.41, 5.74) is 1.20. The highest BCUT2D eigenvalue weighted by atomic mass is 35.5. The molecule has 0 radical (unpaired) electrons. The van der Waals surface area contributed by atoms with Crippen molar-refractivity contribution >= 4 is 23.3 Å². The zero-order chi connectivity index (χ0) is 14.9. The zero-order valence-corrected chi connectivity index (χ0v) is 13.0. The van der Waals surface area contributed by atoms with Crippen molar-refractivity contribution in [2.45, 2.75) is 50.4 Å². The smallest absolute Gasteiger partial charge is 0.314 e. The number of halogens is 1. The maximum absolute atomic E-state index is 11.9. The van der Waals surface area contributed by atoms with Gasteiger partial charge in [-0.25, -0.2) is 0 Å². The number of nitrogens with zero attached hydrogens (tertiary/aromatic N) is 1. The van der Waals surface area contributed by atoms with Gasteiger partial charge >= 0.3 is 5.97 Å². The second-order valence-electron chi connectivity index (χ2n) is 6.31. The van der Waals surface area contributed by atoms with Gasteiger partial charge in [-0.3, -0.25) is 4.79 Å². The second-order valence-corrected chi connectivity index (χ2v) is 6.72. The lowest BCUT2D eigenvalue weighted by Gasteiger charge is -2.34. The van der Waals surface area contributed by atoms with Crippen molar-refractivity contribution in [1.82, 2.24) is 0 Å². The van der Waals surface area contributed by atoms with Gasteiger partial charge in [-0.1, -0.05) is 36.9 Å². The molecular weight excluding hydrogens is 286 g/mol. The van der Waals surface area contributed by atoms with E-state index >= 15 is 0 Å². The van der Waals surface area contributed by atoms with E-state index < -0.39 is 11.4 Å². The predicted molar refractivity (Wildman–Crippen MR) is 85.3 cm³/mol. The normalized spacial score (nSPS) is 21.5. The standard InChI is InChI=1S/C17H22ClNO2/c18-14-12-13(6-7-15(14)19-10-4-5-11-19)17(16(20)21)8-2-1-3-9-17/h6-7,12H,1-5,8-11H2,(H,20,21). The lowest BCUT2D eigenvalue weighted by atomic mass is 9.69. The van der Waals surface area contributed by atoms with E-state index in [0.717, 1.165) is 56.4 Å². The number of carboxylic acids is 1. The van der Waals surface area contributed by atoms with Gasteiger partial charge in [-0.15, -0.1) is 0 Å². The third kappa shape index (κ3) is 2.64. The van der Waals surface area contributed by atoms with Gasteiger partial charge in [0, 0.05) is 13.1 Å². The van der Waals surface area contributed by atoms with Crippen LogP contribution < -0.4 is 4.90 Å². The van der Waals surface area contributed by atoms with Crippen molar-refractivity contribution in [2.24, 2.45) is 0 Å². The van der Waals surface area contributed by atoms with Crippen molar-refractivity contribution < 1.29 is 9.90 Å². The predicted octanol–water partition coefficient (Wildman–Crippen LogP) is 4.23. The summed E-state index contributed by atoms with van der Waals surface area (Å²) in [6.07, 6.45) is 6.96. The van der Waals surface area contributed by atoms with Crippen LogP contribution in [0.15, 0.2) is 18.2 Å². The van der Waals surface area contributed by atoms with Crippen molar-refractivity contribution in [3.8, 4) is 0 Å². The van der Waals surface area contributed by atoms with Gasteiger partial charge in [0.05, 0.1) is 16.1 Å². The van der Waals surface area contributed by atoms with Gasteiger partial charge in [-0.2, -0.15) is 0 Å². The molecule has 1 N–H and O–H groups in total. The average molecular weight is 308 g/mol. The third-order valence-corrected chi connectivity index (χ3v) is 5.37. The molecule has 0 amide bonds. The molecule has 1 aromatic rings. The van der Waals surface area contributed by atoms with Crippen LogP contribution >= 0.6 is 11.6 Å². The van der Waals surface area contributed by atoms with E-state index in [1.54, 1.807) is 0 Å². The summed E-state index contributed by atoms with van der Waals surface area (Å²) >= 11 is 6.46. The SMILES string of the molecule is O=C(O)C1(c2ccc(N3CCCC3)c(Cl)c2)CCCCC1. The fourth-order valence-electron chi connectivity index (χ4n) is 3.80. The topological polar surface area (TPSA) is 40.5 Å². The van der Waals surface area contributed by atoms with Crippen molar-refractivity contribution in [3.63, 3.8) is 0 Å². The van der Waals surface area contributed by atoms with Crippen LogP contribution in [0, 0.1) is 0 Å². The van der Waals surface area contributed by atoms with E-state index in [1.807, 2.05) is 18.2 Å². The number of hydrogen-bond acceptors (Lipinski definition) is 2. The summed E-state index contributed by atoms with van der Waals surface area (Å²) in [7, 11) is 0. The Morgan fingerprint density at radius 3 is 2.33 bits per heavy atom. The Kier molecular flexibility index (Phi) is 4.12. The second kappa shape index (κ2) is 5.88. The Hall–Kier alpha value is -1.22. The quantitative estimate of drug-likeness (QED) is 0.908. The Morgan fingerprint density at radius 2 is 1.76 bits per heavy atom. The van der Waals surface area contributed by atoms with Crippen molar-refractivity contribution in [2.75, 3.05) is 18.0 Å². The molecule has 2 aliphatic rings. The summed E-state index contributed by atoms with van der Waals surface area (Å²) in [5.74, 6) is -0.702. The van der Waals surface area contributed by atoms with Crippen LogP contribution in [0.3, 0.4) is 0 Å². The number of anilines is 1. The first-order valence-electron chi connectivity index (χ1n) is 7.92. The van der Waals surface area contributed by atoms with E-state index in [4.69, 9.17) is 11.6 Å². The van der Waals surface area contributed by atoms with E-state index in [0.29, 0.717) is 5.02 Å². The monoisotopic (exact) mass is 307 g/mol. The minimum absolute atomic E-state index is 0.695. The molecule has 0 aromatic heterocycles. The number of hydrogen-bond donors (Lipinski definition) is 1. The first-order chi connectivity index (χ1) is 10.1. The van der Waals surface area contributed by atoms with Crippen LogP contribution in [0.25, 0.3) is 0 Å². The lowest BCUT2D eigenvalue weighted by molar-refractivity contribution is -0.145. The molecule has 0 unspecified atom stereocenters. The molecule has 1 heterocycles. The third-order valence-electron chi connectivity index (χ3n) is 5.06. The maximum Gasteiger partial charge on any atom is 0.314 e. The Balaban J connectivity index is 1.94. The summed E-state index contributed by atoms with van der Waals surface area (Å²) in [4.78, 5) is 14.2. The average Bonchev–Trinajstić information content (AvgIpc) is 3.01. The van der Waals surface area contributed by atoms with Gasteiger partial charge in [-0.05, 0) is 43.4 Å². The van der Waals surface area contributed by atoms with Crippen LogP contribution in [-0.4, -0.2) is 24.2 Å². The molecule has 3 rings (SSSR count). The summed E-state index contributed by atoms with van der Waals surface area (Å²) in [6, 6.07) is 5.90. The molecule has 3 nitrogen and oxygen atoms in total. The molecule has 4 heteroatoms. The summed E-state index contributed by atoms with van der Waals surface area (Å²) in [5, 5.41) is 10.5. The van der Waals surface area contributed by atoms with E-state index in [2.05, 4.69) is 4.90 Å². The van der Waals surface area contributed by atoms with Crippen LogP contribution in [0.1, 0.15) is 50.5 Å². The first-order valence-corrected chi connectivity index (χ1v) is 8.30. The maximum atomic E-state index is 11.9. The molecule has 0 atom stereocenters. The Bertz CT molecular complexity index is 532. The number of carboxylic acid groups (broad SMARTS) is 1. The van der Waals surface area contributed by atoms with Crippen LogP contribution in [-0.2, 0) is 10.2 Å². The summed E-state index contributed by atoms with van der Waals surface area (Å²) in [6.45, 7) is 2.09. The van der Waals surface area contributed by atoms with E-state index in [9.17, 15) is 9.90 Å². The molecule has 0 bridgehead atoms. The van der Waals surface area contributed by atoms with Crippen molar-refractivity contribution in [1.29, 1.82) is 0 Å². The van der Waals surface area contributed by atoms with Gasteiger partial charge < -0.3 is 10.0 Å². The van der Waals surface area contributed by atoms with E-state index in [-0.39, 0.29) is 0 Å². The molecule has 0 spiro atoms. The lowest BCUT2D eigenvalue weighted by Crippen LogP contribution is -2.37. The van der Waals surface area contributed by atoms with E-state index in [1.165, 1.54) is 12.8 Å². The molecule has 1 aliphatic carbocycles. The molecule has 2 fully saturated rings. The van der Waals surface area contributed by atoms with Crippen molar-refractivity contribution in [3.05, 3.63) is 28.8 Å². The zero-order valence-electron chi connectivity index (χ0n) is 12.3. The molecule has 1 aliphatic heterocycles. The molecule has 21 heavy (non-hydrogen) atoms. The largest absolute Gasteiger partial charge is 0.481 e. The Morgan fingerprint density at radius 1 is 1.10 bits per heavy atom. The Labute approximate surface area is 130 Å². The molecule has 114 valence electrons. The van der Waals surface area contributed by atoms with Crippen LogP contribution in [0.2, 0.25) is 5.02 Å². The number of benzene rings is 1. The fourth-order valence-corrected chi connectivity index (χ4v) is 4.10. The highest BCUT2D eigenvalue weighted by Gasteiger charge is 2.41. The van der Waals surface area contributed by atoms with Gasteiger partial charge in [0.25, 0.3) is 0 Å². The molecule has 1 saturated heterocycles. The van der Waals surface area contributed by atoms with Gasteiger partial charge in [0.15, 0.2) is 0 Å². The number of rotatable bonds is 3. The first kappa shape index (κ1) is 14.7. The number of aliphatic carboxylic acids is 1. The van der Waals surface area contributed by atoms with Gasteiger partial charge in [0.1, 0.15) is 0 Å².